The molecule has 2 fully saturated rings. The van der Waals surface area contributed by atoms with Crippen LogP contribution in [0.1, 0.15) is 40.5 Å². The molecule has 0 saturated carbocycles. The van der Waals surface area contributed by atoms with E-state index in [1.54, 1.807) is 31.5 Å². The summed E-state index contributed by atoms with van der Waals surface area (Å²) in [5.74, 6) is 0.643. The van der Waals surface area contributed by atoms with Crippen molar-refractivity contribution in [3.8, 4) is 0 Å². The van der Waals surface area contributed by atoms with Crippen molar-refractivity contribution in [2.24, 2.45) is 0 Å². The molecule has 8 nitrogen and oxygen atoms in total. The van der Waals surface area contributed by atoms with Crippen LogP contribution in [-0.4, -0.2) is 79.0 Å². The predicted octanol–water partition coefficient (Wildman–Crippen LogP) is 0.849. The third kappa shape index (κ3) is 4.02. The number of methoxy groups -OCH3 is 1. The summed E-state index contributed by atoms with van der Waals surface area (Å²) in [5.41, 5.74) is -0.0350. The van der Waals surface area contributed by atoms with Crippen LogP contribution in [0.2, 0.25) is 0 Å². The van der Waals surface area contributed by atoms with Gasteiger partial charge in [0.2, 0.25) is 11.9 Å². The van der Waals surface area contributed by atoms with Crippen molar-refractivity contribution in [3.05, 3.63) is 12.4 Å². The molecule has 154 valence electrons. The van der Waals surface area contributed by atoms with Crippen LogP contribution in [0, 0.1) is 0 Å². The Morgan fingerprint density at radius 3 is 2.46 bits per heavy atom. The van der Waals surface area contributed by atoms with E-state index >= 15 is 0 Å². The van der Waals surface area contributed by atoms with Crippen molar-refractivity contribution < 1.29 is 18.8 Å². The summed E-state index contributed by atoms with van der Waals surface area (Å²) in [6.45, 7) is 9.93. The normalized spacial score (nSPS) is 23.3. The van der Waals surface area contributed by atoms with Crippen molar-refractivity contribution in [2.75, 3.05) is 38.8 Å². The highest BCUT2D eigenvalue weighted by atomic mass is 16.7. The van der Waals surface area contributed by atoms with Crippen molar-refractivity contribution in [2.45, 2.75) is 57.8 Å². The predicted molar refractivity (Wildman–Crippen MR) is 108 cm³/mol. The third-order valence-corrected chi connectivity index (χ3v) is 5.99. The molecule has 3 rings (SSSR count). The number of carbonyl (C=O) groups is 1. The minimum absolute atomic E-state index is 0.0770. The van der Waals surface area contributed by atoms with Crippen molar-refractivity contribution >= 4 is 24.4 Å². The lowest BCUT2D eigenvalue weighted by Gasteiger charge is -2.32. The van der Waals surface area contributed by atoms with Gasteiger partial charge in [0.25, 0.3) is 0 Å². The Hall–Kier alpha value is -1.71. The third-order valence-electron chi connectivity index (χ3n) is 5.99. The molecule has 1 atom stereocenters. The minimum Gasteiger partial charge on any atom is -0.399 e. The second-order valence-corrected chi connectivity index (χ2v) is 8.51. The zero-order valence-corrected chi connectivity index (χ0v) is 17.8. The van der Waals surface area contributed by atoms with Crippen molar-refractivity contribution in [1.82, 2.24) is 14.9 Å². The summed E-state index contributed by atoms with van der Waals surface area (Å²) >= 11 is 0. The number of hydrogen-bond donors (Lipinski definition) is 0. The largest absolute Gasteiger partial charge is 0.498 e. The fraction of sp³-hybridized carbons (Fsp3) is 0.737. The van der Waals surface area contributed by atoms with Crippen molar-refractivity contribution in [3.63, 3.8) is 0 Å². The average molecular weight is 390 g/mol. The van der Waals surface area contributed by atoms with Crippen LogP contribution in [0.5, 0.6) is 0 Å². The molecule has 0 aromatic carbocycles. The summed E-state index contributed by atoms with van der Waals surface area (Å²) < 4.78 is 17.2. The van der Waals surface area contributed by atoms with Gasteiger partial charge in [-0.05, 0) is 40.5 Å². The monoisotopic (exact) mass is 390 g/mol. The molecule has 1 amide bonds. The smallest absolute Gasteiger partial charge is 0.399 e. The zero-order chi connectivity index (χ0) is 20.5. The summed E-state index contributed by atoms with van der Waals surface area (Å²) in [6.07, 6.45) is 5.22. The highest BCUT2D eigenvalue weighted by molar-refractivity contribution is 6.61. The summed E-state index contributed by atoms with van der Waals surface area (Å²) in [5, 5.41) is 0. The number of hydrogen-bond acceptors (Lipinski definition) is 7. The topological polar surface area (TPSA) is 77.0 Å². The zero-order valence-electron chi connectivity index (χ0n) is 17.8. The first-order chi connectivity index (χ1) is 13.2. The van der Waals surface area contributed by atoms with Gasteiger partial charge in [0.05, 0.1) is 17.8 Å². The van der Waals surface area contributed by atoms with Crippen LogP contribution in [0.25, 0.3) is 0 Å². The first-order valence-electron chi connectivity index (χ1n) is 9.84. The van der Waals surface area contributed by atoms with Crippen LogP contribution in [0.15, 0.2) is 12.4 Å². The van der Waals surface area contributed by atoms with E-state index in [2.05, 4.69) is 9.97 Å². The van der Waals surface area contributed by atoms with Gasteiger partial charge in [-0.2, -0.15) is 0 Å². The van der Waals surface area contributed by atoms with E-state index in [0.717, 1.165) is 24.8 Å². The highest BCUT2D eigenvalue weighted by Gasteiger charge is 2.52. The summed E-state index contributed by atoms with van der Waals surface area (Å²) in [7, 11) is 2.95. The summed E-state index contributed by atoms with van der Waals surface area (Å²) in [6, 6.07) is -0.232. The number of rotatable bonds is 6. The van der Waals surface area contributed by atoms with Crippen LogP contribution < -0.4 is 10.4 Å². The number of carbonyl (C=O) groups excluding carboxylic acids is 1. The number of aromatic nitrogens is 2. The number of amides is 1. The minimum atomic E-state index is -0.491. The Morgan fingerprint density at radius 1 is 1.29 bits per heavy atom. The van der Waals surface area contributed by atoms with Crippen LogP contribution in [0.3, 0.4) is 0 Å². The molecule has 0 radical (unpaired) electrons. The van der Waals surface area contributed by atoms with E-state index < -0.39 is 18.3 Å². The van der Waals surface area contributed by atoms with Crippen LogP contribution in [0.4, 0.5) is 5.95 Å². The Kier molecular flexibility index (Phi) is 5.98. The Labute approximate surface area is 167 Å². The molecule has 28 heavy (non-hydrogen) atoms. The molecule has 0 unspecified atom stereocenters. The van der Waals surface area contributed by atoms with Crippen LogP contribution in [-0.2, 0) is 18.8 Å². The molecular formula is C19H31BN4O4. The van der Waals surface area contributed by atoms with Gasteiger partial charge in [-0.25, -0.2) is 9.97 Å². The maximum absolute atomic E-state index is 12.8. The molecule has 2 saturated heterocycles. The van der Waals surface area contributed by atoms with E-state index in [1.165, 1.54) is 0 Å². The van der Waals surface area contributed by atoms with E-state index in [9.17, 15) is 4.79 Å². The van der Waals surface area contributed by atoms with Gasteiger partial charge in [0, 0.05) is 45.1 Å². The SMILES string of the molecule is COCCN(C)C(=O)[C@H]1CCCN1c1ncc(B2OC(C)(C)C(C)(C)O2)cn1. The Morgan fingerprint density at radius 2 is 1.89 bits per heavy atom. The lowest BCUT2D eigenvalue weighted by atomic mass is 9.81. The first-order valence-corrected chi connectivity index (χ1v) is 9.84. The summed E-state index contributed by atoms with van der Waals surface area (Å²) in [4.78, 5) is 25.5. The van der Waals surface area contributed by atoms with Gasteiger partial charge in [-0.1, -0.05) is 0 Å². The second-order valence-electron chi connectivity index (χ2n) is 8.51. The number of anilines is 1. The first kappa shape index (κ1) is 21.0. The number of likely N-dealkylation sites (N-methyl/N-ethyl adjacent to an activating group) is 1. The molecule has 1 aromatic heterocycles. The molecule has 2 aliphatic rings. The fourth-order valence-electron chi connectivity index (χ4n) is 3.44. The Bertz CT molecular complexity index is 682. The Balaban J connectivity index is 1.70. The van der Waals surface area contributed by atoms with Gasteiger partial charge >= 0.3 is 7.12 Å². The molecule has 3 heterocycles. The second kappa shape index (κ2) is 7.97. The molecule has 0 bridgehead atoms. The quantitative estimate of drug-likeness (QED) is 0.667. The molecule has 1 aromatic rings. The standard InChI is InChI=1S/C19H31BN4O4/c1-18(2)19(3,4)28-20(27-18)14-12-21-17(22-13-14)24-9-7-8-15(24)16(25)23(5)10-11-26-6/h12-13,15H,7-11H2,1-6H3/t15-/m1/s1. The maximum atomic E-state index is 12.8. The van der Waals surface area contributed by atoms with Gasteiger partial charge in [0.1, 0.15) is 6.04 Å². The molecule has 0 spiro atoms. The fourth-order valence-corrected chi connectivity index (χ4v) is 3.44. The molecular weight excluding hydrogens is 359 g/mol. The molecule has 9 heteroatoms. The van der Waals surface area contributed by atoms with Gasteiger partial charge in [-0.3, -0.25) is 4.79 Å². The molecule has 0 aliphatic carbocycles. The van der Waals surface area contributed by atoms with E-state index in [-0.39, 0.29) is 11.9 Å². The van der Waals surface area contributed by atoms with Crippen molar-refractivity contribution in [1.29, 1.82) is 0 Å². The number of ether oxygens (including phenoxy) is 1. The van der Waals surface area contributed by atoms with Gasteiger partial charge in [0.15, 0.2) is 0 Å². The van der Waals surface area contributed by atoms with Crippen LogP contribution >= 0.6 is 0 Å². The lowest BCUT2D eigenvalue weighted by molar-refractivity contribution is -0.131. The number of nitrogens with zero attached hydrogens (tertiary/aromatic N) is 4. The maximum Gasteiger partial charge on any atom is 0.498 e. The highest BCUT2D eigenvalue weighted by Crippen LogP contribution is 2.36. The van der Waals surface area contributed by atoms with E-state index in [1.807, 2.05) is 32.6 Å². The molecule has 2 aliphatic heterocycles. The van der Waals surface area contributed by atoms with Gasteiger partial charge in [-0.15, -0.1) is 0 Å². The van der Waals surface area contributed by atoms with E-state index in [4.69, 9.17) is 14.0 Å². The average Bonchev–Trinajstić information content (AvgIpc) is 3.21. The van der Waals surface area contributed by atoms with E-state index in [0.29, 0.717) is 19.1 Å². The van der Waals surface area contributed by atoms with Gasteiger partial charge < -0.3 is 23.8 Å². The molecule has 0 N–H and O–H groups in total. The lowest BCUT2D eigenvalue weighted by Crippen LogP contribution is -2.46.